The number of carbonyl (C=O) groups is 1. The summed E-state index contributed by atoms with van der Waals surface area (Å²) >= 11 is 5.97. The number of rotatable bonds is 4. The molecule has 1 aromatic carbocycles. The van der Waals surface area contributed by atoms with Crippen molar-refractivity contribution >= 4 is 17.5 Å². The smallest absolute Gasteiger partial charge is 0.253 e. The van der Waals surface area contributed by atoms with Gasteiger partial charge in [-0.15, -0.1) is 0 Å². The number of aliphatic hydroxyl groups is 1. The Morgan fingerprint density at radius 2 is 2.03 bits per heavy atom. The molecule has 2 fully saturated rings. The molecule has 1 N–H and O–H groups in total. The van der Waals surface area contributed by atoms with Gasteiger partial charge in [-0.1, -0.05) is 17.7 Å². The summed E-state index contributed by atoms with van der Waals surface area (Å²) in [6, 6.07) is 11.3. The summed E-state index contributed by atoms with van der Waals surface area (Å²) in [6.45, 7) is 6.77. The van der Waals surface area contributed by atoms with Gasteiger partial charge >= 0.3 is 0 Å². The normalized spacial score (nSPS) is 25.6. The molecule has 0 spiro atoms. The van der Waals surface area contributed by atoms with Crippen LogP contribution in [0.2, 0.25) is 5.02 Å². The fourth-order valence-corrected chi connectivity index (χ4v) is 4.70. The zero-order valence-electron chi connectivity index (χ0n) is 16.7. The van der Waals surface area contributed by atoms with E-state index >= 15 is 0 Å². The quantitative estimate of drug-likeness (QED) is 0.830. The summed E-state index contributed by atoms with van der Waals surface area (Å²) in [6.07, 6.45) is 3.69. The van der Waals surface area contributed by atoms with Gasteiger partial charge in [-0.05, 0) is 42.8 Å². The topological polar surface area (TPSA) is 59.9 Å². The minimum Gasteiger partial charge on any atom is -0.394 e. The maximum absolute atomic E-state index is 13.1. The highest BCUT2D eigenvalue weighted by Gasteiger charge is 2.46. The van der Waals surface area contributed by atoms with Gasteiger partial charge in [-0.3, -0.25) is 19.6 Å². The molecule has 0 radical (unpaired) electrons. The Balaban J connectivity index is 1.51. The zero-order chi connectivity index (χ0) is 20.4. The van der Waals surface area contributed by atoms with Crippen LogP contribution in [0.4, 0.5) is 0 Å². The van der Waals surface area contributed by atoms with Gasteiger partial charge in [0.05, 0.1) is 12.1 Å². The molecular formula is C22H27ClN4O2. The fraction of sp³-hybridized carbons (Fsp3) is 0.455. The third-order valence-corrected chi connectivity index (χ3v) is 6.32. The number of fused-ring (bicyclic) bond motifs is 1. The first-order chi connectivity index (χ1) is 14.0. The van der Waals surface area contributed by atoms with Crippen molar-refractivity contribution < 1.29 is 9.90 Å². The third kappa shape index (κ3) is 4.31. The van der Waals surface area contributed by atoms with E-state index < -0.39 is 5.54 Å². The van der Waals surface area contributed by atoms with Gasteiger partial charge in [0.25, 0.3) is 5.91 Å². The van der Waals surface area contributed by atoms with Crippen LogP contribution in [-0.4, -0.2) is 81.6 Å². The Kier molecular flexibility index (Phi) is 5.88. The predicted molar refractivity (Wildman–Crippen MR) is 113 cm³/mol. The van der Waals surface area contributed by atoms with Crippen molar-refractivity contribution in [2.24, 2.45) is 0 Å². The van der Waals surface area contributed by atoms with E-state index in [1.165, 1.54) is 5.56 Å². The second-order valence-electron chi connectivity index (χ2n) is 8.29. The van der Waals surface area contributed by atoms with Gasteiger partial charge in [-0.25, -0.2) is 0 Å². The van der Waals surface area contributed by atoms with Gasteiger partial charge in [0.1, 0.15) is 0 Å². The predicted octanol–water partition coefficient (Wildman–Crippen LogP) is 2.13. The van der Waals surface area contributed by atoms with Crippen LogP contribution in [0.3, 0.4) is 0 Å². The number of amides is 1. The first-order valence-corrected chi connectivity index (χ1v) is 10.4. The lowest BCUT2D eigenvalue weighted by molar-refractivity contribution is -0.0846. The van der Waals surface area contributed by atoms with E-state index in [0.29, 0.717) is 23.7 Å². The average molecular weight is 415 g/mol. The van der Waals surface area contributed by atoms with E-state index in [1.54, 1.807) is 30.5 Å². The molecule has 2 atom stereocenters. The summed E-state index contributed by atoms with van der Waals surface area (Å²) in [4.78, 5) is 24.0. The minimum absolute atomic E-state index is 0.00891. The Morgan fingerprint density at radius 3 is 2.72 bits per heavy atom. The Bertz CT molecular complexity index is 848. The third-order valence-electron chi connectivity index (χ3n) is 6.07. The highest BCUT2D eigenvalue weighted by molar-refractivity contribution is 6.30. The summed E-state index contributed by atoms with van der Waals surface area (Å²) in [7, 11) is 0. The number of pyridine rings is 1. The molecule has 0 aliphatic carbocycles. The molecule has 4 rings (SSSR count). The molecule has 6 nitrogen and oxygen atoms in total. The summed E-state index contributed by atoms with van der Waals surface area (Å²) < 4.78 is 0. The number of aliphatic hydroxyl groups excluding tert-OH is 1. The molecule has 1 aromatic heterocycles. The van der Waals surface area contributed by atoms with E-state index in [0.717, 1.165) is 26.2 Å². The van der Waals surface area contributed by atoms with Crippen LogP contribution < -0.4 is 0 Å². The van der Waals surface area contributed by atoms with E-state index in [9.17, 15) is 9.90 Å². The van der Waals surface area contributed by atoms with Crippen LogP contribution in [0.25, 0.3) is 0 Å². The van der Waals surface area contributed by atoms with Crippen molar-refractivity contribution in [2.45, 2.75) is 25.0 Å². The molecule has 2 aromatic rings. The SMILES string of the molecule is CC1(CO)CN(C(=O)c2ccc(Cl)cc2)CC2CN(Cc3cccnc3)CCN21. The first-order valence-electron chi connectivity index (χ1n) is 10.0. The van der Waals surface area contributed by atoms with Crippen LogP contribution in [0.5, 0.6) is 0 Å². The maximum atomic E-state index is 13.1. The second kappa shape index (κ2) is 8.40. The number of halogens is 1. The van der Waals surface area contributed by atoms with Crippen LogP contribution in [0.15, 0.2) is 48.8 Å². The molecule has 3 heterocycles. The Labute approximate surface area is 176 Å². The van der Waals surface area contributed by atoms with Gasteiger partial charge in [0.2, 0.25) is 0 Å². The maximum Gasteiger partial charge on any atom is 0.253 e. The molecule has 154 valence electrons. The van der Waals surface area contributed by atoms with Crippen LogP contribution in [0.1, 0.15) is 22.8 Å². The molecule has 2 unspecified atom stereocenters. The van der Waals surface area contributed by atoms with Crippen LogP contribution in [0, 0.1) is 0 Å². The van der Waals surface area contributed by atoms with Crippen molar-refractivity contribution in [1.29, 1.82) is 0 Å². The van der Waals surface area contributed by atoms with Crippen molar-refractivity contribution in [3.05, 3.63) is 64.9 Å². The second-order valence-corrected chi connectivity index (χ2v) is 8.73. The highest BCUT2D eigenvalue weighted by atomic mass is 35.5. The molecule has 2 aliphatic heterocycles. The van der Waals surface area contributed by atoms with Gasteiger partial charge < -0.3 is 10.0 Å². The highest BCUT2D eigenvalue weighted by Crippen LogP contribution is 2.29. The van der Waals surface area contributed by atoms with Crippen molar-refractivity contribution in [2.75, 3.05) is 39.3 Å². The molecule has 2 aliphatic rings. The lowest BCUT2D eigenvalue weighted by atomic mass is 9.91. The monoisotopic (exact) mass is 414 g/mol. The van der Waals surface area contributed by atoms with Gasteiger partial charge in [-0.2, -0.15) is 0 Å². The summed E-state index contributed by atoms with van der Waals surface area (Å²) in [5.41, 5.74) is 1.38. The molecule has 29 heavy (non-hydrogen) atoms. The van der Waals surface area contributed by atoms with Crippen LogP contribution in [-0.2, 0) is 6.54 Å². The van der Waals surface area contributed by atoms with Gasteiger partial charge in [0, 0.05) is 68.3 Å². The number of nitrogens with zero attached hydrogens (tertiary/aromatic N) is 4. The number of piperazine rings is 2. The lowest BCUT2D eigenvalue weighted by Crippen LogP contribution is -2.72. The number of hydrogen-bond donors (Lipinski definition) is 1. The minimum atomic E-state index is -0.439. The summed E-state index contributed by atoms with van der Waals surface area (Å²) in [5, 5.41) is 10.8. The fourth-order valence-electron chi connectivity index (χ4n) is 4.57. The van der Waals surface area contributed by atoms with Crippen molar-refractivity contribution in [1.82, 2.24) is 19.7 Å². The van der Waals surface area contributed by atoms with Crippen molar-refractivity contribution in [3.63, 3.8) is 0 Å². The van der Waals surface area contributed by atoms with Crippen LogP contribution >= 0.6 is 11.6 Å². The molecular weight excluding hydrogens is 388 g/mol. The molecule has 0 bridgehead atoms. The van der Waals surface area contributed by atoms with E-state index in [1.807, 2.05) is 17.2 Å². The Hall–Kier alpha value is -1.99. The zero-order valence-corrected chi connectivity index (χ0v) is 17.4. The van der Waals surface area contributed by atoms with E-state index in [-0.39, 0.29) is 18.6 Å². The molecule has 1 amide bonds. The summed E-state index contributed by atoms with van der Waals surface area (Å²) in [5.74, 6) is -0.00891. The molecule has 7 heteroatoms. The van der Waals surface area contributed by atoms with E-state index in [4.69, 9.17) is 11.6 Å². The number of carbonyl (C=O) groups excluding carboxylic acids is 1. The van der Waals surface area contributed by atoms with E-state index in [2.05, 4.69) is 27.8 Å². The van der Waals surface area contributed by atoms with Crippen molar-refractivity contribution in [3.8, 4) is 0 Å². The Morgan fingerprint density at radius 1 is 1.24 bits per heavy atom. The molecule has 2 saturated heterocycles. The lowest BCUT2D eigenvalue weighted by Gasteiger charge is -2.56. The average Bonchev–Trinajstić information content (AvgIpc) is 2.74. The molecule has 0 saturated carbocycles. The standard InChI is InChI=1S/C22H27ClN4O2/c1-22(16-28)15-26(21(29)18-4-6-19(23)7-5-18)14-20-13-25(9-10-27(20)22)12-17-3-2-8-24-11-17/h2-8,11,20,28H,9-10,12-16H2,1H3. The van der Waals surface area contributed by atoms with Gasteiger partial charge in [0.15, 0.2) is 0 Å². The first kappa shape index (κ1) is 20.3. The number of benzene rings is 1. The number of aromatic nitrogens is 1. The largest absolute Gasteiger partial charge is 0.394 e. The number of hydrogen-bond acceptors (Lipinski definition) is 5.